The fourth-order valence-corrected chi connectivity index (χ4v) is 2.09. The number of aromatic nitrogens is 1. The van der Waals surface area contributed by atoms with E-state index in [1.807, 2.05) is 6.07 Å². The third kappa shape index (κ3) is 2.42. The van der Waals surface area contributed by atoms with E-state index in [0.29, 0.717) is 17.2 Å². The van der Waals surface area contributed by atoms with Gasteiger partial charge in [0.15, 0.2) is 5.69 Å². The van der Waals surface area contributed by atoms with E-state index in [1.165, 1.54) is 32.1 Å². The molecule has 114 valence electrons. The van der Waals surface area contributed by atoms with Gasteiger partial charge in [-0.3, -0.25) is 0 Å². The molecule has 1 heterocycles. The first-order valence-corrected chi connectivity index (χ1v) is 6.29. The topological polar surface area (TPSA) is 99.5 Å². The molecular formula is C15H15N3O4. The molecule has 0 atom stereocenters. The van der Waals surface area contributed by atoms with Crippen LogP contribution in [0.2, 0.25) is 0 Å². The van der Waals surface area contributed by atoms with Crippen LogP contribution in [0.15, 0.2) is 24.4 Å². The van der Waals surface area contributed by atoms with Gasteiger partial charge >= 0.3 is 5.97 Å². The van der Waals surface area contributed by atoms with E-state index in [2.05, 4.69) is 0 Å². The Kier molecular flexibility index (Phi) is 4.23. The van der Waals surface area contributed by atoms with Crippen LogP contribution in [0, 0.1) is 11.3 Å². The predicted molar refractivity (Wildman–Crippen MR) is 79.3 cm³/mol. The van der Waals surface area contributed by atoms with Gasteiger partial charge < -0.3 is 24.5 Å². The average molecular weight is 301 g/mol. The summed E-state index contributed by atoms with van der Waals surface area (Å²) in [5.74, 6) is 0.409. The second-order valence-electron chi connectivity index (χ2n) is 4.32. The van der Waals surface area contributed by atoms with Crippen molar-refractivity contribution in [1.29, 1.82) is 5.26 Å². The second-order valence-corrected chi connectivity index (χ2v) is 4.32. The number of hydrogen-bond donors (Lipinski definition) is 1. The van der Waals surface area contributed by atoms with Crippen LogP contribution in [0.5, 0.6) is 11.5 Å². The van der Waals surface area contributed by atoms with Gasteiger partial charge in [0.05, 0.1) is 38.3 Å². The number of methoxy groups -OCH3 is 3. The summed E-state index contributed by atoms with van der Waals surface area (Å²) >= 11 is 0. The van der Waals surface area contributed by atoms with E-state index < -0.39 is 5.97 Å². The van der Waals surface area contributed by atoms with E-state index in [9.17, 15) is 4.79 Å². The average Bonchev–Trinajstić information content (AvgIpc) is 2.89. The molecule has 7 nitrogen and oxygen atoms in total. The van der Waals surface area contributed by atoms with E-state index in [1.54, 1.807) is 18.2 Å². The third-order valence-corrected chi connectivity index (χ3v) is 3.19. The monoisotopic (exact) mass is 301 g/mol. The molecule has 1 aromatic carbocycles. The number of carbonyl (C=O) groups excluding carboxylic acids is 1. The maximum Gasteiger partial charge on any atom is 0.357 e. The van der Waals surface area contributed by atoms with Crippen molar-refractivity contribution in [2.75, 3.05) is 27.1 Å². The number of esters is 1. The van der Waals surface area contributed by atoms with Crippen LogP contribution < -0.4 is 15.2 Å². The van der Waals surface area contributed by atoms with Crippen molar-refractivity contribution >= 4 is 11.7 Å². The maximum absolute atomic E-state index is 12.0. The van der Waals surface area contributed by atoms with Crippen LogP contribution in [-0.4, -0.2) is 31.9 Å². The number of nitrogens with two attached hydrogens (primary N) is 1. The van der Waals surface area contributed by atoms with Crippen molar-refractivity contribution < 1.29 is 19.0 Å². The smallest absolute Gasteiger partial charge is 0.357 e. The van der Waals surface area contributed by atoms with Gasteiger partial charge in [0.25, 0.3) is 0 Å². The van der Waals surface area contributed by atoms with Crippen LogP contribution in [0.25, 0.3) is 5.69 Å². The molecule has 0 unspecified atom stereocenters. The molecule has 0 aliphatic heterocycles. The Bertz CT molecular complexity index is 759. The molecule has 22 heavy (non-hydrogen) atoms. The summed E-state index contributed by atoms with van der Waals surface area (Å²) < 4.78 is 16.7. The standard InChI is InChI=1S/C15H15N3O4/c1-20-10-4-5-12(21-2)11(6-10)18-8-9(7-16)13(17)14(18)15(19)22-3/h4-6,8H,17H2,1-3H3. The highest BCUT2D eigenvalue weighted by atomic mass is 16.5. The number of nitrogens with zero attached hydrogens (tertiary/aromatic N) is 2. The van der Waals surface area contributed by atoms with Gasteiger partial charge in [0.1, 0.15) is 17.6 Å². The lowest BCUT2D eigenvalue weighted by Gasteiger charge is -2.13. The summed E-state index contributed by atoms with van der Waals surface area (Å²) in [5.41, 5.74) is 6.67. The molecule has 0 bridgehead atoms. The number of benzene rings is 1. The molecule has 7 heteroatoms. The minimum Gasteiger partial charge on any atom is -0.497 e. The van der Waals surface area contributed by atoms with Crippen molar-refractivity contribution in [2.45, 2.75) is 0 Å². The van der Waals surface area contributed by atoms with E-state index in [0.717, 1.165) is 0 Å². The Hall–Kier alpha value is -3.14. The predicted octanol–water partition coefficient (Wildman–Crippen LogP) is 1.73. The molecule has 0 spiro atoms. The van der Waals surface area contributed by atoms with Gasteiger partial charge in [-0.25, -0.2) is 4.79 Å². The first-order valence-electron chi connectivity index (χ1n) is 6.29. The van der Waals surface area contributed by atoms with Crippen molar-refractivity contribution in [2.24, 2.45) is 0 Å². The lowest BCUT2D eigenvalue weighted by atomic mass is 10.2. The van der Waals surface area contributed by atoms with Crippen molar-refractivity contribution in [1.82, 2.24) is 4.57 Å². The Labute approximate surface area is 127 Å². The molecule has 0 radical (unpaired) electrons. The summed E-state index contributed by atoms with van der Waals surface area (Å²) in [6.07, 6.45) is 1.46. The Morgan fingerprint density at radius 2 is 2.00 bits per heavy atom. The summed E-state index contributed by atoms with van der Waals surface area (Å²) in [7, 11) is 4.27. The van der Waals surface area contributed by atoms with Gasteiger partial charge in [-0.15, -0.1) is 0 Å². The zero-order valence-electron chi connectivity index (χ0n) is 12.4. The lowest BCUT2D eigenvalue weighted by Crippen LogP contribution is -2.11. The van der Waals surface area contributed by atoms with Crippen molar-refractivity contribution in [3.63, 3.8) is 0 Å². The van der Waals surface area contributed by atoms with Crippen LogP contribution in [0.3, 0.4) is 0 Å². The van der Waals surface area contributed by atoms with Crippen LogP contribution >= 0.6 is 0 Å². The summed E-state index contributed by atoms with van der Waals surface area (Å²) in [6, 6.07) is 7.03. The molecule has 2 aromatic rings. The Morgan fingerprint density at radius 3 is 2.55 bits per heavy atom. The zero-order chi connectivity index (χ0) is 16.3. The maximum atomic E-state index is 12.0. The van der Waals surface area contributed by atoms with Crippen LogP contribution in [0.4, 0.5) is 5.69 Å². The van der Waals surface area contributed by atoms with E-state index in [4.69, 9.17) is 25.2 Å². The molecule has 0 saturated heterocycles. The summed E-state index contributed by atoms with van der Waals surface area (Å²) in [4.78, 5) is 12.0. The molecule has 2 rings (SSSR count). The number of nitriles is 1. The van der Waals surface area contributed by atoms with Gasteiger partial charge in [0, 0.05) is 12.3 Å². The number of anilines is 1. The zero-order valence-corrected chi connectivity index (χ0v) is 12.4. The third-order valence-electron chi connectivity index (χ3n) is 3.19. The molecule has 0 aliphatic rings. The van der Waals surface area contributed by atoms with E-state index >= 15 is 0 Å². The lowest BCUT2D eigenvalue weighted by molar-refractivity contribution is 0.0593. The number of ether oxygens (including phenoxy) is 3. The second kappa shape index (κ2) is 6.10. The highest BCUT2D eigenvalue weighted by Gasteiger charge is 2.23. The molecule has 0 saturated carbocycles. The number of nitrogen functional groups attached to an aromatic ring is 1. The van der Waals surface area contributed by atoms with Gasteiger partial charge in [0.2, 0.25) is 0 Å². The largest absolute Gasteiger partial charge is 0.497 e. The molecule has 1 aromatic heterocycles. The molecule has 0 aliphatic carbocycles. The number of hydrogen-bond acceptors (Lipinski definition) is 6. The number of carbonyl (C=O) groups is 1. The van der Waals surface area contributed by atoms with E-state index in [-0.39, 0.29) is 16.9 Å². The van der Waals surface area contributed by atoms with Gasteiger partial charge in [-0.1, -0.05) is 0 Å². The Morgan fingerprint density at radius 1 is 1.27 bits per heavy atom. The van der Waals surface area contributed by atoms with Crippen molar-refractivity contribution in [3.05, 3.63) is 35.7 Å². The van der Waals surface area contributed by atoms with Gasteiger partial charge in [-0.05, 0) is 12.1 Å². The fourth-order valence-electron chi connectivity index (χ4n) is 2.09. The first-order chi connectivity index (χ1) is 10.6. The summed E-state index contributed by atoms with van der Waals surface area (Å²) in [6.45, 7) is 0. The molecular weight excluding hydrogens is 286 g/mol. The van der Waals surface area contributed by atoms with Gasteiger partial charge in [-0.2, -0.15) is 5.26 Å². The first kappa shape index (κ1) is 15.3. The fraction of sp³-hybridized carbons (Fsp3) is 0.200. The Balaban J connectivity index is 2.77. The van der Waals surface area contributed by atoms with Crippen molar-refractivity contribution in [3.8, 4) is 23.3 Å². The normalized spacial score (nSPS) is 9.91. The summed E-state index contributed by atoms with van der Waals surface area (Å²) in [5, 5.41) is 9.13. The van der Waals surface area contributed by atoms with Crippen LogP contribution in [0.1, 0.15) is 16.1 Å². The quantitative estimate of drug-likeness (QED) is 0.863. The molecule has 2 N–H and O–H groups in total. The minimum atomic E-state index is -0.649. The van der Waals surface area contributed by atoms with Crippen LogP contribution in [-0.2, 0) is 4.74 Å². The minimum absolute atomic E-state index is 0.0548. The highest BCUT2D eigenvalue weighted by molar-refractivity contribution is 5.96. The molecule has 0 fully saturated rings. The SMILES string of the molecule is COC(=O)c1c(N)c(C#N)cn1-c1cc(OC)ccc1OC. The number of rotatable bonds is 4. The molecule has 0 amide bonds. The highest BCUT2D eigenvalue weighted by Crippen LogP contribution is 2.32.